The Labute approximate surface area is 130 Å². The van der Waals surface area contributed by atoms with Gasteiger partial charge in [0.2, 0.25) is 5.91 Å². The van der Waals surface area contributed by atoms with Crippen molar-refractivity contribution in [2.75, 3.05) is 54.4 Å². The summed E-state index contributed by atoms with van der Waals surface area (Å²) in [5, 5.41) is 3.57. The first-order valence-electron chi connectivity index (χ1n) is 8.13. The number of rotatable bonds is 7. The highest BCUT2D eigenvalue weighted by Gasteiger charge is 2.42. The Bertz CT molecular complexity index is 322. The van der Waals surface area contributed by atoms with Gasteiger partial charge in [-0.1, -0.05) is 0 Å². The SMILES string of the molecule is CC(C)NC1(C(=O)N(C)CCCN(C)C)CCN(C)CC1. The van der Waals surface area contributed by atoms with Gasteiger partial charge < -0.3 is 20.0 Å². The van der Waals surface area contributed by atoms with Crippen LogP contribution in [0.25, 0.3) is 0 Å². The maximum absolute atomic E-state index is 13.0. The van der Waals surface area contributed by atoms with E-state index in [0.717, 1.165) is 45.4 Å². The van der Waals surface area contributed by atoms with Gasteiger partial charge >= 0.3 is 0 Å². The highest BCUT2D eigenvalue weighted by Crippen LogP contribution is 2.24. The van der Waals surface area contributed by atoms with Crippen molar-refractivity contribution in [1.82, 2.24) is 20.0 Å². The molecule has 1 N–H and O–H groups in total. The number of carbonyl (C=O) groups is 1. The standard InChI is InChI=1S/C16H34N4O/c1-14(2)17-16(8-12-19(5)13-9-16)15(21)20(6)11-7-10-18(3)4/h14,17H,7-13H2,1-6H3. The number of hydrogen-bond acceptors (Lipinski definition) is 4. The van der Waals surface area contributed by atoms with E-state index in [1.807, 2.05) is 11.9 Å². The van der Waals surface area contributed by atoms with Gasteiger partial charge in [-0.2, -0.15) is 0 Å². The van der Waals surface area contributed by atoms with Gasteiger partial charge in [-0.3, -0.25) is 4.79 Å². The van der Waals surface area contributed by atoms with E-state index in [1.54, 1.807) is 0 Å². The zero-order chi connectivity index (χ0) is 16.0. The Hall–Kier alpha value is -0.650. The monoisotopic (exact) mass is 298 g/mol. The Morgan fingerprint density at radius 3 is 2.24 bits per heavy atom. The number of likely N-dealkylation sites (tertiary alicyclic amines) is 1. The second-order valence-electron chi connectivity index (χ2n) is 7.07. The lowest BCUT2D eigenvalue weighted by molar-refractivity contribution is -0.139. The van der Waals surface area contributed by atoms with Crippen molar-refractivity contribution in [2.45, 2.75) is 44.7 Å². The van der Waals surface area contributed by atoms with E-state index in [1.165, 1.54) is 0 Å². The van der Waals surface area contributed by atoms with E-state index >= 15 is 0 Å². The van der Waals surface area contributed by atoms with Gasteiger partial charge in [-0.15, -0.1) is 0 Å². The van der Waals surface area contributed by atoms with Crippen LogP contribution in [-0.2, 0) is 4.79 Å². The third-order valence-electron chi connectivity index (χ3n) is 4.26. The average Bonchev–Trinajstić information content (AvgIpc) is 2.39. The largest absolute Gasteiger partial charge is 0.344 e. The molecule has 0 aromatic rings. The van der Waals surface area contributed by atoms with Crippen LogP contribution in [0.15, 0.2) is 0 Å². The number of hydrogen-bond donors (Lipinski definition) is 1. The fourth-order valence-corrected chi connectivity index (χ4v) is 3.06. The van der Waals surface area contributed by atoms with Crippen LogP contribution in [0.1, 0.15) is 33.1 Å². The molecular formula is C16H34N4O. The molecule has 1 heterocycles. The molecule has 1 saturated heterocycles. The molecule has 0 spiro atoms. The molecule has 1 fully saturated rings. The van der Waals surface area contributed by atoms with Crippen LogP contribution in [0.2, 0.25) is 0 Å². The Morgan fingerprint density at radius 1 is 1.19 bits per heavy atom. The molecule has 1 amide bonds. The first kappa shape index (κ1) is 18.4. The van der Waals surface area contributed by atoms with E-state index < -0.39 is 0 Å². The van der Waals surface area contributed by atoms with Gasteiger partial charge in [-0.05, 0) is 60.8 Å². The third kappa shape index (κ3) is 5.57. The number of likely N-dealkylation sites (N-methyl/N-ethyl adjacent to an activating group) is 1. The molecule has 0 bridgehead atoms. The van der Waals surface area contributed by atoms with E-state index in [-0.39, 0.29) is 11.4 Å². The van der Waals surface area contributed by atoms with Crippen LogP contribution < -0.4 is 5.32 Å². The highest BCUT2D eigenvalue weighted by molar-refractivity contribution is 5.86. The normalized spacial score (nSPS) is 19.2. The zero-order valence-corrected chi connectivity index (χ0v) is 14.8. The molecule has 1 aliphatic heterocycles. The summed E-state index contributed by atoms with van der Waals surface area (Å²) in [6.45, 7) is 8.06. The van der Waals surface area contributed by atoms with Crippen LogP contribution in [0, 0.1) is 0 Å². The average molecular weight is 298 g/mol. The van der Waals surface area contributed by atoms with Gasteiger partial charge in [0.1, 0.15) is 5.54 Å². The summed E-state index contributed by atoms with van der Waals surface area (Å²) in [6, 6.07) is 0.326. The highest BCUT2D eigenvalue weighted by atomic mass is 16.2. The first-order chi connectivity index (χ1) is 9.77. The lowest BCUT2D eigenvalue weighted by atomic mass is 9.85. The summed E-state index contributed by atoms with van der Waals surface area (Å²) in [5.41, 5.74) is -0.368. The summed E-state index contributed by atoms with van der Waals surface area (Å²) >= 11 is 0. The number of carbonyl (C=O) groups excluding carboxylic acids is 1. The number of amides is 1. The minimum atomic E-state index is -0.368. The number of nitrogens with zero attached hydrogens (tertiary/aromatic N) is 3. The second-order valence-corrected chi connectivity index (χ2v) is 7.07. The van der Waals surface area contributed by atoms with Crippen LogP contribution >= 0.6 is 0 Å². The number of piperidine rings is 1. The van der Waals surface area contributed by atoms with Gasteiger partial charge in [0, 0.05) is 32.7 Å². The maximum Gasteiger partial charge on any atom is 0.242 e. The molecule has 1 aliphatic rings. The summed E-state index contributed by atoms with van der Waals surface area (Å²) in [5.74, 6) is 0.267. The first-order valence-corrected chi connectivity index (χ1v) is 8.13. The zero-order valence-electron chi connectivity index (χ0n) is 14.8. The molecule has 0 aliphatic carbocycles. The Morgan fingerprint density at radius 2 is 1.76 bits per heavy atom. The summed E-state index contributed by atoms with van der Waals surface area (Å²) < 4.78 is 0. The minimum absolute atomic E-state index is 0.267. The molecule has 5 heteroatoms. The fraction of sp³-hybridized carbons (Fsp3) is 0.938. The molecular weight excluding hydrogens is 264 g/mol. The van der Waals surface area contributed by atoms with E-state index in [9.17, 15) is 4.79 Å². The maximum atomic E-state index is 13.0. The Kier molecular flexibility index (Phi) is 7.10. The fourth-order valence-electron chi connectivity index (χ4n) is 3.06. The molecule has 0 atom stereocenters. The molecule has 0 saturated carbocycles. The molecule has 0 aromatic carbocycles. The molecule has 0 unspecified atom stereocenters. The van der Waals surface area contributed by atoms with Crippen LogP contribution in [0.4, 0.5) is 0 Å². The molecule has 21 heavy (non-hydrogen) atoms. The Balaban J connectivity index is 2.66. The lowest BCUT2D eigenvalue weighted by Crippen LogP contribution is -2.63. The van der Waals surface area contributed by atoms with Crippen molar-refractivity contribution in [2.24, 2.45) is 0 Å². The molecule has 124 valence electrons. The van der Waals surface area contributed by atoms with Crippen LogP contribution in [0.3, 0.4) is 0 Å². The van der Waals surface area contributed by atoms with E-state index in [0.29, 0.717) is 6.04 Å². The molecule has 0 radical (unpaired) electrons. The second kappa shape index (κ2) is 8.11. The van der Waals surface area contributed by atoms with Crippen molar-refractivity contribution in [3.05, 3.63) is 0 Å². The van der Waals surface area contributed by atoms with Crippen LogP contribution in [0.5, 0.6) is 0 Å². The molecule has 1 rings (SSSR count). The van der Waals surface area contributed by atoms with Gasteiger partial charge in [0.15, 0.2) is 0 Å². The minimum Gasteiger partial charge on any atom is -0.344 e. The summed E-state index contributed by atoms with van der Waals surface area (Å²) in [6.07, 6.45) is 2.82. The third-order valence-corrected chi connectivity index (χ3v) is 4.26. The van der Waals surface area contributed by atoms with Gasteiger partial charge in [0.05, 0.1) is 0 Å². The molecule has 5 nitrogen and oxygen atoms in total. The van der Waals surface area contributed by atoms with E-state index in [4.69, 9.17) is 0 Å². The smallest absolute Gasteiger partial charge is 0.242 e. The topological polar surface area (TPSA) is 38.8 Å². The summed E-state index contributed by atoms with van der Waals surface area (Å²) in [4.78, 5) is 19.4. The van der Waals surface area contributed by atoms with Crippen molar-refractivity contribution in [1.29, 1.82) is 0 Å². The van der Waals surface area contributed by atoms with Gasteiger partial charge in [0.25, 0.3) is 0 Å². The number of nitrogens with one attached hydrogen (secondary N) is 1. The molecule has 0 aromatic heterocycles. The predicted octanol–water partition coefficient (Wildman–Crippen LogP) is 0.859. The predicted molar refractivity (Wildman–Crippen MR) is 88.5 cm³/mol. The van der Waals surface area contributed by atoms with Crippen LogP contribution in [-0.4, -0.2) is 86.6 Å². The lowest BCUT2D eigenvalue weighted by Gasteiger charge is -2.43. The van der Waals surface area contributed by atoms with Crippen molar-refractivity contribution in [3.63, 3.8) is 0 Å². The van der Waals surface area contributed by atoms with E-state index in [2.05, 4.69) is 50.1 Å². The van der Waals surface area contributed by atoms with Crippen molar-refractivity contribution in [3.8, 4) is 0 Å². The quantitative estimate of drug-likeness (QED) is 0.757. The van der Waals surface area contributed by atoms with Gasteiger partial charge in [-0.25, -0.2) is 0 Å². The summed E-state index contributed by atoms with van der Waals surface area (Å²) in [7, 11) is 8.21. The van der Waals surface area contributed by atoms with Crippen molar-refractivity contribution < 1.29 is 4.79 Å². The van der Waals surface area contributed by atoms with Crippen molar-refractivity contribution >= 4 is 5.91 Å².